The molecule has 2 amide bonds. The summed E-state index contributed by atoms with van der Waals surface area (Å²) < 4.78 is 0. The first-order chi connectivity index (χ1) is 12.9. The number of unbranched alkanes of at least 4 members (excludes halogenated alkanes) is 5. The molecular formula is C20H36N4O2S. The van der Waals surface area contributed by atoms with Crippen molar-refractivity contribution in [2.75, 3.05) is 39.3 Å². The minimum absolute atomic E-state index is 0.00685. The number of thiocarbonyl (C=S) groups is 1. The molecule has 6 nitrogen and oxygen atoms in total. The van der Waals surface area contributed by atoms with Crippen molar-refractivity contribution in [1.82, 2.24) is 20.0 Å². The van der Waals surface area contributed by atoms with Crippen LogP contribution in [0.3, 0.4) is 0 Å². The number of carbonyl (C=O) groups excluding carboxylic acids is 2. The van der Waals surface area contributed by atoms with Crippen LogP contribution >= 0.6 is 12.2 Å². The maximum absolute atomic E-state index is 11.9. The lowest BCUT2D eigenvalue weighted by molar-refractivity contribution is -0.132. The van der Waals surface area contributed by atoms with Crippen LogP contribution < -0.4 is 5.32 Å². The number of hydrogen-bond donors (Lipinski definition) is 1. The van der Waals surface area contributed by atoms with Gasteiger partial charge in [0, 0.05) is 39.1 Å². The van der Waals surface area contributed by atoms with Gasteiger partial charge in [-0.2, -0.15) is 0 Å². The lowest BCUT2D eigenvalue weighted by atomic mass is 10.0. The maximum Gasteiger partial charge on any atom is 0.251 e. The molecule has 0 bridgehead atoms. The third-order valence-electron chi connectivity index (χ3n) is 5.83. The van der Waals surface area contributed by atoms with E-state index in [1.54, 1.807) is 0 Å². The molecule has 2 rings (SSSR count). The van der Waals surface area contributed by atoms with E-state index in [1.807, 2.05) is 30.6 Å². The van der Waals surface area contributed by atoms with Gasteiger partial charge in [-0.15, -0.1) is 0 Å². The van der Waals surface area contributed by atoms with Gasteiger partial charge in [0.15, 0.2) is 5.11 Å². The van der Waals surface area contributed by atoms with Gasteiger partial charge in [-0.05, 0) is 45.5 Å². The van der Waals surface area contributed by atoms with Crippen molar-refractivity contribution in [3.63, 3.8) is 0 Å². The van der Waals surface area contributed by atoms with Crippen molar-refractivity contribution in [3.8, 4) is 0 Å². The normalized spacial score (nSPS) is 20.3. The summed E-state index contributed by atoms with van der Waals surface area (Å²) in [5, 5.41) is 3.34. The third kappa shape index (κ3) is 6.14. The van der Waals surface area contributed by atoms with Crippen LogP contribution in [-0.4, -0.2) is 76.4 Å². The second-order valence-electron chi connectivity index (χ2n) is 8.17. The molecule has 154 valence electrons. The van der Waals surface area contributed by atoms with Gasteiger partial charge in [0.1, 0.15) is 5.54 Å². The van der Waals surface area contributed by atoms with Crippen molar-refractivity contribution >= 4 is 29.1 Å². The molecule has 2 aliphatic heterocycles. The van der Waals surface area contributed by atoms with Gasteiger partial charge in [0.2, 0.25) is 5.91 Å². The minimum atomic E-state index is -0.511. The number of rotatable bonds is 10. The van der Waals surface area contributed by atoms with Gasteiger partial charge < -0.3 is 15.1 Å². The van der Waals surface area contributed by atoms with E-state index >= 15 is 0 Å². The summed E-state index contributed by atoms with van der Waals surface area (Å²) in [6, 6.07) is 0. The summed E-state index contributed by atoms with van der Waals surface area (Å²) in [5.74, 6) is 0.292. The van der Waals surface area contributed by atoms with Crippen molar-refractivity contribution in [2.24, 2.45) is 0 Å². The Hall–Kier alpha value is -1.21. The van der Waals surface area contributed by atoms with Crippen LogP contribution in [0, 0.1) is 0 Å². The summed E-state index contributed by atoms with van der Waals surface area (Å²) >= 11 is 5.26. The molecule has 7 heteroatoms. The fraction of sp³-hybridized carbons (Fsp3) is 0.850. The van der Waals surface area contributed by atoms with Crippen LogP contribution in [-0.2, 0) is 9.59 Å². The average Bonchev–Trinajstić information content (AvgIpc) is 2.84. The van der Waals surface area contributed by atoms with Gasteiger partial charge in [0.05, 0.1) is 0 Å². The lowest BCUT2D eigenvalue weighted by Crippen LogP contribution is -2.48. The summed E-state index contributed by atoms with van der Waals surface area (Å²) in [7, 11) is 0. The molecule has 0 aromatic heterocycles. The van der Waals surface area contributed by atoms with Crippen LogP contribution in [0.2, 0.25) is 0 Å². The Labute approximate surface area is 169 Å². The Morgan fingerprint density at radius 1 is 1.00 bits per heavy atom. The summed E-state index contributed by atoms with van der Waals surface area (Å²) in [5.41, 5.74) is -0.511. The van der Waals surface area contributed by atoms with Crippen molar-refractivity contribution in [2.45, 2.75) is 71.3 Å². The molecule has 0 aromatic carbocycles. The second kappa shape index (κ2) is 10.4. The van der Waals surface area contributed by atoms with E-state index in [0.717, 1.165) is 45.7 Å². The van der Waals surface area contributed by atoms with Crippen LogP contribution in [0.15, 0.2) is 0 Å². The highest BCUT2D eigenvalue weighted by atomic mass is 32.1. The average molecular weight is 397 g/mol. The highest BCUT2D eigenvalue weighted by Crippen LogP contribution is 2.22. The van der Waals surface area contributed by atoms with E-state index < -0.39 is 5.54 Å². The van der Waals surface area contributed by atoms with Gasteiger partial charge in [0.25, 0.3) is 5.91 Å². The minimum Gasteiger partial charge on any atom is -0.340 e. The molecule has 2 heterocycles. The van der Waals surface area contributed by atoms with Gasteiger partial charge >= 0.3 is 0 Å². The highest BCUT2D eigenvalue weighted by molar-refractivity contribution is 7.80. The first kappa shape index (κ1) is 22.1. The lowest BCUT2D eigenvalue weighted by Gasteiger charge is -2.34. The molecule has 0 aliphatic carbocycles. The number of nitrogens with one attached hydrogen (secondary N) is 1. The molecule has 0 saturated carbocycles. The Morgan fingerprint density at radius 3 is 2.07 bits per heavy atom. The molecule has 2 aliphatic rings. The monoisotopic (exact) mass is 396 g/mol. The van der Waals surface area contributed by atoms with Gasteiger partial charge in [-0.1, -0.05) is 32.6 Å². The van der Waals surface area contributed by atoms with Gasteiger partial charge in [-0.3, -0.25) is 14.5 Å². The quantitative estimate of drug-likeness (QED) is 0.454. The second-order valence-corrected chi connectivity index (χ2v) is 8.55. The fourth-order valence-electron chi connectivity index (χ4n) is 3.83. The molecule has 1 N–H and O–H groups in total. The van der Waals surface area contributed by atoms with Crippen molar-refractivity contribution in [1.29, 1.82) is 0 Å². The molecule has 0 unspecified atom stereocenters. The number of amides is 2. The molecule has 2 saturated heterocycles. The maximum atomic E-state index is 11.9. The van der Waals surface area contributed by atoms with E-state index in [0.29, 0.717) is 11.5 Å². The van der Waals surface area contributed by atoms with E-state index in [-0.39, 0.29) is 11.8 Å². The molecule has 0 aromatic rings. The van der Waals surface area contributed by atoms with Crippen molar-refractivity contribution in [3.05, 3.63) is 0 Å². The largest absolute Gasteiger partial charge is 0.340 e. The Balaban J connectivity index is 1.47. The smallest absolute Gasteiger partial charge is 0.251 e. The molecule has 0 atom stereocenters. The zero-order valence-electron chi connectivity index (χ0n) is 17.3. The Morgan fingerprint density at radius 2 is 1.56 bits per heavy atom. The summed E-state index contributed by atoms with van der Waals surface area (Å²) in [4.78, 5) is 30.0. The van der Waals surface area contributed by atoms with E-state index in [9.17, 15) is 9.59 Å². The van der Waals surface area contributed by atoms with Crippen LogP contribution in [0.4, 0.5) is 0 Å². The van der Waals surface area contributed by atoms with Crippen molar-refractivity contribution < 1.29 is 9.59 Å². The molecule has 0 radical (unpaired) electrons. The Kier molecular flexibility index (Phi) is 8.48. The molecule has 2 fully saturated rings. The van der Waals surface area contributed by atoms with E-state index in [1.165, 1.54) is 32.1 Å². The third-order valence-corrected chi connectivity index (χ3v) is 6.15. The summed E-state index contributed by atoms with van der Waals surface area (Å²) in [6.45, 7) is 11.6. The first-order valence-corrected chi connectivity index (χ1v) is 10.9. The molecular weight excluding hydrogens is 360 g/mol. The predicted octanol–water partition coefficient (Wildman–Crippen LogP) is 2.38. The SMILES string of the molecule is CCC(=O)N1CCN(CCCCCCCCN2C(=S)NC(=O)C2(C)C)CC1. The first-order valence-electron chi connectivity index (χ1n) is 10.5. The molecule has 0 spiro atoms. The zero-order chi connectivity index (χ0) is 19.9. The topological polar surface area (TPSA) is 55.9 Å². The Bertz CT molecular complexity index is 530. The fourth-order valence-corrected chi connectivity index (χ4v) is 4.24. The zero-order valence-corrected chi connectivity index (χ0v) is 18.1. The number of nitrogens with zero attached hydrogens (tertiary/aromatic N) is 3. The number of carbonyl (C=O) groups is 2. The number of hydrogen-bond acceptors (Lipinski definition) is 4. The standard InChI is InChI=1S/C20H36N4O2S/c1-4-17(25)23-15-13-22(14-16-23)11-9-7-5-6-8-10-12-24-19(27)21-18(26)20(24,2)3/h4-16H2,1-3H3,(H,21,26,27). The summed E-state index contributed by atoms with van der Waals surface area (Å²) in [6.07, 6.45) is 7.88. The molecule has 27 heavy (non-hydrogen) atoms. The number of piperazine rings is 1. The highest BCUT2D eigenvalue weighted by Gasteiger charge is 2.42. The van der Waals surface area contributed by atoms with Gasteiger partial charge in [-0.25, -0.2) is 0 Å². The predicted molar refractivity (Wildman–Crippen MR) is 113 cm³/mol. The van der Waals surface area contributed by atoms with E-state index in [4.69, 9.17) is 12.2 Å². The van der Waals surface area contributed by atoms with Crippen LogP contribution in [0.25, 0.3) is 0 Å². The van der Waals surface area contributed by atoms with Crippen LogP contribution in [0.5, 0.6) is 0 Å². The van der Waals surface area contributed by atoms with Crippen LogP contribution in [0.1, 0.15) is 65.7 Å². The van der Waals surface area contributed by atoms with E-state index in [2.05, 4.69) is 10.2 Å².